The van der Waals surface area contributed by atoms with Crippen LogP contribution in [-0.4, -0.2) is 62.7 Å². The molecule has 33 heavy (non-hydrogen) atoms. The SMILES string of the molecule is CN=C(NCC1(c2ccccc2C)CCOCC1)NC1CCN(C(=O)C2CCCCC2)C1.I. The van der Waals surface area contributed by atoms with Gasteiger partial charge < -0.3 is 20.3 Å². The van der Waals surface area contributed by atoms with Crippen molar-refractivity contribution in [3.8, 4) is 0 Å². The Kier molecular flexibility index (Phi) is 9.85. The van der Waals surface area contributed by atoms with E-state index in [0.29, 0.717) is 5.91 Å². The standard InChI is InChI=1S/C26H40N4O2.HI/c1-20-8-6-7-11-23(20)26(13-16-32-17-14-26)19-28-25(27-2)29-22-12-15-30(18-22)24(31)21-9-4-3-5-10-21;/h6-8,11,21-22H,3-5,9-10,12-19H2,1-2H3,(H2,27,28,29);1H. The zero-order valence-electron chi connectivity index (χ0n) is 20.3. The van der Waals surface area contributed by atoms with E-state index in [1.165, 1.54) is 30.4 Å². The molecule has 4 rings (SSSR count). The second kappa shape index (κ2) is 12.4. The number of aryl methyl sites for hydroxylation is 1. The number of halogens is 1. The Labute approximate surface area is 216 Å². The van der Waals surface area contributed by atoms with Gasteiger partial charge >= 0.3 is 0 Å². The number of nitrogens with one attached hydrogen (secondary N) is 2. The quantitative estimate of drug-likeness (QED) is 0.320. The Bertz CT molecular complexity index is 803. The average molecular weight is 569 g/mol. The fourth-order valence-corrected chi connectivity index (χ4v) is 5.80. The van der Waals surface area contributed by atoms with Gasteiger partial charge in [-0.3, -0.25) is 9.79 Å². The first kappa shape index (κ1) is 26.3. The van der Waals surface area contributed by atoms with Gasteiger partial charge in [-0.05, 0) is 50.2 Å². The van der Waals surface area contributed by atoms with Gasteiger partial charge in [-0.1, -0.05) is 43.5 Å². The molecule has 3 fully saturated rings. The van der Waals surface area contributed by atoms with Crippen LogP contribution in [0.25, 0.3) is 0 Å². The van der Waals surface area contributed by atoms with Gasteiger partial charge in [-0.15, -0.1) is 24.0 Å². The number of carbonyl (C=O) groups excluding carboxylic acids is 1. The number of guanidine groups is 1. The lowest BCUT2D eigenvalue weighted by atomic mass is 9.72. The summed E-state index contributed by atoms with van der Waals surface area (Å²) >= 11 is 0. The molecule has 1 amide bonds. The van der Waals surface area contributed by atoms with E-state index in [9.17, 15) is 4.79 Å². The number of carbonyl (C=O) groups is 1. The van der Waals surface area contributed by atoms with Gasteiger partial charge in [-0.2, -0.15) is 0 Å². The van der Waals surface area contributed by atoms with Crippen LogP contribution in [0.3, 0.4) is 0 Å². The van der Waals surface area contributed by atoms with Crippen LogP contribution in [0.1, 0.15) is 62.5 Å². The fraction of sp³-hybridized carbons (Fsp3) is 0.692. The molecular weight excluding hydrogens is 527 g/mol. The summed E-state index contributed by atoms with van der Waals surface area (Å²) < 4.78 is 5.70. The Morgan fingerprint density at radius 3 is 2.58 bits per heavy atom. The fourth-order valence-electron chi connectivity index (χ4n) is 5.80. The van der Waals surface area contributed by atoms with Crippen molar-refractivity contribution < 1.29 is 9.53 Å². The van der Waals surface area contributed by atoms with E-state index in [0.717, 1.165) is 70.9 Å². The minimum absolute atomic E-state index is 0. The molecule has 2 N–H and O–H groups in total. The second-order valence-electron chi connectivity index (χ2n) is 9.88. The first-order chi connectivity index (χ1) is 15.6. The lowest BCUT2D eigenvalue weighted by Crippen LogP contribution is -2.51. The topological polar surface area (TPSA) is 66.0 Å². The molecule has 1 aliphatic carbocycles. The minimum atomic E-state index is 0. The number of benzene rings is 1. The van der Waals surface area contributed by atoms with Gasteiger partial charge in [0, 0.05) is 57.3 Å². The zero-order chi connectivity index (χ0) is 22.4. The third kappa shape index (κ3) is 6.41. The van der Waals surface area contributed by atoms with Crippen LogP contribution >= 0.6 is 24.0 Å². The second-order valence-corrected chi connectivity index (χ2v) is 9.88. The number of likely N-dealkylation sites (tertiary alicyclic amines) is 1. The van der Waals surface area contributed by atoms with Crippen molar-refractivity contribution in [2.45, 2.75) is 69.7 Å². The van der Waals surface area contributed by atoms with Crippen LogP contribution < -0.4 is 10.6 Å². The molecule has 0 spiro atoms. The highest BCUT2D eigenvalue weighted by atomic mass is 127. The van der Waals surface area contributed by atoms with E-state index in [4.69, 9.17) is 4.74 Å². The lowest BCUT2D eigenvalue weighted by Gasteiger charge is -2.39. The smallest absolute Gasteiger partial charge is 0.225 e. The van der Waals surface area contributed by atoms with Crippen LogP contribution in [0.2, 0.25) is 0 Å². The minimum Gasteiger partial charge on any atom is -0.381 e. The van der Waals surface area contributed by atoms with Crippen molar-refractivity contribution in [1.82, 2.24) is 15.5 Å². The van der Waals surface area contributed by atoms with Crippen LogP contribution in [0.4, 0.5) is 0 Å². The first-order valence-electron chi connectivity index (χ1n) is 12.5. The third-order valence-electron chi connectivity index (χ3n) is 7.78. The Hall–Kier alpha value is -1.35. The zero-order valence-corrected chi connectivity index (χ0v) is 22.6. The molecule has 7 heteroatoms. The highest BCUT2D eigenvalue weighted by Gasteiger charge is 2.36. The van der Waals surface area contributed by atoms with E-state index < -0.39 is 0 Å². The van der Waals surface area contributed by atoms with E-state index in [1.54, 1.807) is 0 Å². The van der Waals surface area contributed by atoms with Crippen molar-refractivity contribution >= 4 is 35.8 Å². The number of aliphatic imine (C=N–C) groups is 1. The average Bonchev–Trinajstić information content (AvgIpc) is 3.31. The predicted molar refractivity (Wildman–Crippen MR) is 144 cm³/mol. The molecule has 2 aliphatic heterocycles. The van der Waals surface area contributed by atoms with Gasteiger partial charge in [-0.25, -0.2) is 0 Å². The van der Waals surface area contributed by atoms with Crippen molar-refractivity contribution in [3.63, 3.8) is 0 Å². The molecule has 3 aliphatic rings. The molecule has 1 atom stereocenters. The highest BCUT2D eigenvalue weighted by molar-refractivity contribution is 14.0. The maximum absolute atomic E-state index is 12.9. The van der Waals surface area contributed by atoms with Gasteiger partial charge in [0.2, 0.25) is 5.91 Å². The monoisotopic (exact) mass is 568 g/mol. The molecule has 2 saturated heterocycles. The van der Waals surface area contributed by atoms with Gasteiger partial charge in [0.05, 0.1) is 0 Å². The summed E-state index contributed by atoms with van der Waals surface area (Å²) in [6.45, 7) is 6.27. The van der Waals surface area contributed by atoms with Crippen molar-refractivity contribution in [2.75, 3.05) is 39.9 Å². The number of hydrogen-bond donors (Lipinski definition) is 2. The Balaban J connectivity index is 0.00000306. The van der Waals surface area contributed by atoms with Crippen molar-refractivity contribution in [3.05, 3.63) is 35.4 Å². The normalized spacial score (nSPS) is 23.6. The largest absolute Gasteiger partial charge is 0.381 e. The summed E-state index contributed by atoms with van der Waals surface area (Å²) in [7, 11) is 1.83. The highest BCUT2D eigenvalue weighted by Crippen LogP contribution is 2.36. The molecule has 0 radical (unpaired) electrons. The lowest BCUT2D eigenvalue weighted by molar-refractivity contribution is -0.135. The molecule has 2 heterocycles. The summed E-state index contributed by atoms with van der Waals surface area (Å²) in [5.41, 5.74) is 2.81. The van der Waals surface area contributed by atoms with Crippen LogP contribution in [0.5, 0.6) is 0 Å². The molecule has 6 nitrogen and oxygen atoms in total. The molecule has 1 saturated carbocycles. The van der Waals surface area contributed by atoms with Crippen molar-refractivity contribution in [2.24, 2.45) is 10.9 Å². The number of rotatable bonds is 5. The van der Waals surface area contributed by atoms with Gasteiger partial charge in [0.25, 0.3) is 0 Å². The summed E-state index contributed by atoms with van der Waals surface area (Å²) in [6.07, 6.45) is 8.83. The van der Waals surface area contributed by atoms with E-state index in [1.807, 2.05) is 7.05 Å². The number of amides is 1. The van der Waals surface area contributed by atoms with Crippen LogP contribution in [0, 0.1) is 12.8 Å². The molecule has 0 aromatic heterocycles. The summed E-state index contributed by atoms with van der Waals surface area (Å²) in [5, 5.41) is 7.21. The van der Waals surface area contributed by atoms with E-state index >= 15 is 0 Å². The van der Waals surface area contributed by atoms with Gasteiger partial charge in [0.1, 0.15) is 0 Å². The maximum Gasteiger partial charge on any atom is 0.225 e. The maximum atomic E-state index is 12.9. The van der Waals surface area contributed by atoms with Crippen LogP contribution in [-0.2, 0) is 14.9 Å². The van der Waals surface area contributed by atoms with Gasteiger partial charge in [0.15, 0.2) is 5.96 Å². The van der Waals surface area contributed by atoms with E-state index in [2.05, 4.69) is 51.7 Å². The molecule has 1 aromatic carbocycles. The predicted octanol–water partition coefficient (Wildman–Crippen LogP) is 4.01. The van der Waals surface area contributed by atoms with Crippen LogP contribution in [0.15, 0.2) is 29.3 Å². The molecular formula is C26H41IN4O2. The van der Waals surface area contributed by atoms with E-state index in [-0.39, 0.29) is 41.4 Å². The summed E-state index contributed by atoms with van der Waals surface area (Å²) in [6, 6.07) is 8.99. The molecule has 184 valence electrons. The first-order valence-corrected chi connectivity index (χ1v) is 12.5. The molecule has 1 unspecified atom stereocenters. The number of nitrogens with zero attached hydrogens (tertiary/aromatic N) is 2. The van der Waals surface area contributed by atoms with Crippen molar-refractivity contribution in [1.29, 1.82) is 0 Å². The Morgan fingerprint density at radius 1 is 1.15 bits per heavy atom. The molecule has 0 bridgehead atoms. The summed E-state index contributed by atoms with van der Waals surface area (Å²) in [5.74, 6) is 1.46. The number of ether oxygens (including phenoxy) is 1. The summed E-state index contributed by atoms with van der Waals surface area (Å²) in [4.78, 5) is 19.5. The molecule has 1 aromatic rings. The third-order valence-corrected chi connectivity index (χ3v) is 7.78. The number of hydrogen-bond acceptors (Lipinski definition) is 3. The Morgan fingerprint density at radius 2 is 1.88 bits per heavy atom.